The molecular formula is C13H20N2O3. The van der Waals surface area contributed by atoms with Gasteiger partial charge in [0.1, 0.15) is 5.41 Å². The van der Waals surface area contributed by atoms with Crippen molar-refractivity contribution in [1.82, 2.24) is 10.2 Å². The summed E-state index contributed by atoms with van der Waals surface area (Å²) in [5, 5.41) is 2.27. The highest BCUT2D eigenvalue weighted by Gasteiger charge is 2.53. The van der Waals surface area contributed by atoms with Gasteiger partial charge in [-0.2, -0.15) is 0 Å². The molecule has 5 heteroatoms. The summed E-state index contributed by atoms with van der Waals surface area (Å²) in [7, 11) is 1.40. The largest absolute Gasteiger partial charge is 0.330 e. The van der Waals surface area contributed by atoms with E-state index in [1.165, 1.54) is 7.05 Å². The molecule has 0 bridgehead atoms. The van der Waals surface area contributed by atoms with Crippen LogP contribution in [0.5, 0.6) is 0 Å². The van der Waals surface area contributed by atoms with E-state index in [0.717, 1.165) is 10.5 Å². The lowest BCUT2D eigenvalue weighted by Crippen LogP contribution is -2.63. The zero-order valence-corrected chi connectivity index (χ0v) is 11.4. The summed E-state index contributed by atoms with van der Waals surface area (Å²) in [6.07, 6.45) is 3.52. The van der Waals surface area contributed by atoms with Crippen LogP contribution in [0.3, 0.4) is 0 Å². The molecule has 1 fully saturated rings. The van der Waals surface area contributed by atoms with Gasteiger partial charge in [-0.3, -0.25) is 19.8 Å². The van der Waals surface area contributed by atoms with Crippen LogP contribution in [0.25, 0.3) is 0 Å². The maximum Gasteiger partial charge on any atom is 0.330 e. The van der Waals surface area contributed by atoms with Gasteiger partial charge in [0, 0.05) is 7.05 Å². The van der Waals surface area contributed by atoms with Crippen molar-refractivity contribution in [2.75, 3.05) is 7.05 Å². The van der Waals surface area contributed by atoms with Gasteiger partial charge in [-0.25, -0.2) is 4.79 Å². The molecule has 18 heavy (non-hydrogen) atoms. The first-order valence-corrected chi connectivity index (χ1v) is 6.24. The molecule has 0 radical (unpaired) electrons. The number of carbonyl (C=O) groups excluding carboxylic acids is 3. The third-order valence-electron chi connectivity index (χ3n) is 3.48. The number of allylic oxidation sites excluding steroid dienone is 1. The molecule has 100 valence electrons. The molecule has 0 unspecified atom stereocenters. The minimum atomic E-state index is -1.21. The summed E-state index contributed by atoms with van der Waals surface area (Å²) in [4.78, 5) is 37.1. The van der Waals surface area contributed by atoms with E-state index in [4.69, 9.17) is 0 Å². The predicted octanol–water partition coefficient (Wildman–Crippen LogP) is 1.84. The van der Waals surface area contributed by atoms with Gasteiger partial charge in [-0.1, -0.05) is 26.3 Å². The van der Waals surface area contributed by atoms with Crippen LogP contribution in [-0.4, -0.2) is 29.8 Å². The van der Waals surface area contributed by atoms with Crippen LogP contribution in [0.15, 0.2) is 11.6 Å². The van der Waals surface area contributed by atoms with Crippen molar-refractivity contribution in [2.24, 2.45) is 5.41 Å². The molecule has 0 aromatic carbocycles. The van der Waals surface area contributed by atoms with E-state index in [1.807, 2.05) is 20.8 Å². The number of rotatable bonds is 4. The van der Waals surface area contributed by atoms with Crippen LogP contribution in [-0.2, 0) is 9.59 Å². The van der Waals surface area contributed by atoms with Crippen LogP contribution in [0.4, 0.5) is 4.79 Å². The van der Waals surface area contributed by atoms with Gasteiger partial charge >= 0.3 is 6.03 Å². The summed E-state index contributed by atoms with van der Waals surface area (Å²) >= 11 is 0. The van der Waals surface area contributed by atoms with Gasteiger partial charge < -0.3 is 0 Å². The van der Waals surface area contributed by atoms with E-state index < -0.39 is 23.3 Å². The lowest BCUT2D eigenvalue weighted by atomic mass is 9.72. The lowest BCUT2D eigenvalue weighted by Gasteiger charge is -2.39. The second-order valence-electron chi connectivity index (χ2n) is 4.45. The number of nitrogens with zero attached hydrogens (tertiary/aromatic N) is 1. The molecule has 0 aliphatic carbocycles. The fraction of sp³-hybridized carbons (Fsp3) is 0.615. The summed E-state index contributed by atoms with van der Waals surface area (Å²) in [5.41, 5.74) is -0.438. The molecule has 5 nitrogen and oxygen atoms in total. The number of amides is 4. The molecule has 0 aromatic rings. The molecule has 1 rings (SSSR count). The van der Waals surface area contributed by atoms with Crippen molar-refractivity contribution in [3.05, 3.63) is 11.6 Å². The molecule has 1 heterocycles. The highest BCUT2D eigenvalue weighted by atomic mass is 16.2. The minimum Gasteiger partial charge on any atom is -0.276 e. The van der Waals surface area contributed by atoms with Crippen LogP contribution in [0, 0.1) is 5.41 Å². The fourth-order valence-electron chi connectivity index (χ4n) is 2.55. The Balaban J connectivity index is 3.36. The first kappa shape index (κ1) is 14.4. The van der Waals surface area contributed by atoms with Gasteiger partial charge in [0.15, 0.2) is 0 Å². The average molecular weight is 252 g/mol. The molecule has 0 saturated carbocycles. The lowest BCUT2D eigenvalue weighted by molar-refractivity contribution is -0.148. The molecule has 0 spiro atoms. The van der Waals surface area contributed by atoms with Crippen molar-refractivity contribution >= 4 is 17.8 Å². The zero-order chi connectivity index (χ0) is 13.9. The van der Waals surface area contributed by atoms with Gasteiger partial charge in [0.05, 0.1) is 0 Å². The van der Waals surface area contributed by atoms with E-state index in [-0.39, 0.29) is 0 Å². The Morgan fingerprint density at radius 3 is 2.39 bits per heavy atom. The summed E-state index contributed by atoms with van der Waals surface area (Å²) < 4.78 is 0. The van der Waals surface area contributed by atoms with Crippen LogP contribution >= 0.6 is 0 Å². The fourth-order valence-corrected chi connectivity index (χ4v) is 2.55. The van der Waals surface area contributed by atoms with Crippen LogP contribution in [0.2, 0.25) is 0 Å². The average Bonchev–Trinajstić information content (AvgIpc) is 2.35. The van der Waals surface area contributed by atoms with Crippen LogP contribution in [0.1, 0.15) is 40.0 Å². The summed E-state index contributed by atoms with van der Waals surface area (Å²) in [5.74, 6) is -0.916. The maximum absolute atomic E-state index is 12.4. The van der Waals surface area contributed by atoms with E-state index in [0.29, 0.717) is 19.3 Å². The van der Waals surface area contributed by atoms with Crippen molar-refractivity contribution in [3.8, 4) is 0 Å². The van der Waals surface area contributed by atoms with E-state index in [1.54, 1.807) is 6.08 Å². The summed E-state index contributed by atoms with van der Waals surface area (Å²) in [6, 6.07) is -0.650. The number of hydrogen-bond acceptors (Lipinski definition) is 3. The maximum atomic E-state index is 12.4. The molecule has 1 saturated heterocycles. The smallest absolute Gasteiger partial charge is 0.276 e. The molecule has 1 N–H and O–H groups in total. The second-order valence-corrected chi connectivity index (χ2v) is 4.45. The normalized spacial score (nSPS) is 25.4. The zero-order valence-electron chi connectivity index (χ0n) is 11.4. The molecule has 4 amide bonds. The van der Waals surface area contributed by atoms with E-state index in [9.17, 15) is 14.4 Å². The van der Waals surface area contributed by atoms with Gasteiger partial charge in [-0.05, 0) is 25.3 Å². The number of barbiturate groups is 1. The first-order chi connectivity index (χ1) is 8.45. The quantitative estimate of drug-likeness (QED) is 0.613. The Hall–Kier alpha value is -1.65. The van der Waals surface area contributed by atoms with Gasteiger partial charge in [-0.15, -0.1) is 0 Å². The number of imide groups is 2. The highest BCUT2D eigenvalue weighted by Crippen LogP contribution is 2.39. The van der Waals surface area contributed by atoms with Crippen LogP contribution < -0.4 is 5.32 Å². The SMILES string of the molecule is C/C=C(\CC)[C@]1(CCC)C(=O)NC(=O)N(C)C1=O. The Bertz CT molecular complexity index is 414. The Labute approximate surface area is 107 Å². The third-order valence-corrected chi connectivity index (χ3v) is 3.48. The predicted molar refractivity (Wildman–Crippen MR) is 67.7 cm³/mol. The van der Waals surface area contributed by atoms with Crippen molar-refractivity contribution in [3.63, 3.8) is 0 Å². The molecule has 0 aromatic heterocycles. The Morgan fingerprint density at radius 1 is 1.33 bits per heavy atom. The number of nitrogens with one attached hydrogen (secondary N) is 1. The summed E-state index contributed by atoms with van der Waals surface area (Å²) in [6.45, 7) is 5.64. The third kappa shape index (κ3) is 1.94. The number of urea groups is 1. The molecule has 1 aliphatic heterocycles. The second kappa shape index (κ2) is 5.33. The highest BCUT2D eigenvalue weighted by molar-refractivity contribution is 6.20. The molecule has 1 aliphatic rings. The van der Waals surface area contributed by atoms with Crippen molar-refractivity contribution in [1.29, 1.82) is 0 Å². The Kier molecular flexibility index (Phi) is 4.27. The van der Waals surface area contributed by atoms with Gasteiger partial charge in [0.2, 0.25) is 11.8 Å². The van der Waals surface area contributed by atoms with Crippen molar-refractivity contribution in [2.45, 2.75) is 40.0 Å². The minimum absolute atomic E-state index is 0.419. The monoisotopic (exact) mass is 252 g/mol. The first-order valence-electron chi connectivity index (χ1n) is 6.24. The van der Waals surface area contributed by atoms with E-state index >= 15 is 0 Å². The molecule has 1 atom stereocenters. The number of hydrogen-bond donors (Lipinski definition) is 1. The topological polar surface area (TPSA) is 66.5 Å². The molecular weight excluding hydrogens is 232 g/mol. The van der Waals surface area contributed by atoms with Gasteiger partial charge in [0.25, 0.3) is 0 Å². The van der Waals surface area contributed by atoms with Crippen molar-refractivity contribution < 1.29 is 14.4 Å². The number of carbonyl (C=O) groups is 3. The Morgan fingerprint density at radius 2 is 1.94 bits per heavy atom. The standard InChI is InChI=1S/C13H20N2O3/c1-5-8-13(9(6-2)7-3)10(16)14-12(18)15(4)11(13)17/h6H,5,7-8H2,1-4H3,(H,14,16,18)/b9-6+/t13-/m1/s1. The van der Waals surface area contributed by atoms with E-state index in [2.05, 4.69) is 5.32 Å².